The second kappa shape index (κ2) is 5.57. The molecule has 0 spiro atoms. The van der Waals surface area contributed by atoms with Gasteiger partial charge in [0.15, 0.2) is 5.13 Å². The van der Waals surface area contributed by atoms with E-state index in [-0.39, 0.29) is 22.2 Å². The molecule has 0 radical (unpaired) electrons. The summed E-state index contributed by atoms with van der Waals surface area (Å²) in [5.74, 6) is -0.973. The number of thiazole rings is 1. The highest BCUT2D eigenvalue weighted by atomic mass is 32.1. The number of hydrogen-bond acceptors (Lipinski definition) is 7. The molecule has 0 atom stereocenters. The van der Waals surface area contributed by atoms with Crippen LogP contribution in [0.4, 0.5) is 5.13 Å². The highest BCUT2D eigenvalue weighted by molar-refractivity contribution is 7.14. The first kappa shape index (κ1) is 13.8. The molecule has 0 saturated heterocycles. The smallest absolute Gasteiger partial charge is 0.261 e. The van der Waals surface area contributed by atoms with Crippen LogP contribution in [0.2, 0.25) is 0 Å². The Morgan fingerprint density at radius 1 is 1.40 bits per heavy atom. The molecule has 0 bridgehead atoms. The van der Waals surface area contributed by atoms with Crippen LogP contribution in [-0.2, 0) is 0 Å². The second-order valence-electron chi connectivity index (χ2n) is 3.88. The Morgan fingerprint density at radius 3 is 2.85 bits per heavy atom. The number of carbonyl (C=O) groups excluding carboxylic acids is 1. The van der Waals surface area contributed by atoms with Gasteiger partial charge < -0.3 is 15.4 Å². The van der Waals surface area contributed by atoms with Crippen LogP contribution in [0, 0.1) is 0 Å². The van der Waals surface area contributed by atoms with Crippen LogP contribution < -0.4 is 5.32 Å². The zero-order valence-electron chi connectivity index (χ0n) is 10.4. The molecule has 1 aromatic heterocycles. The average Bonchev–Trinajstić information content (AvgIpc) is 2.89. The van der Waals surface area contributed by atoms with Crippen molar-refractivity contribution >= 4 is 28.1 Å². The number of oxime groups is 1. The molecule has 0 aliphatic heterocycles. The molecule has 0 unspecified atom stereocenters. The summed E-state index contributed by atoms with van der Waals surface area (Å²) in [7, 11) is 0. The highest BCUT2D eigenvalue weighted by Crippen LogP contribution is 2.24. The molecule has 0 saturated carbocycles. The molecular formula is C12H11N3O4S. The van der Waals surface area contributed by atoms with E-state index in [1.807, 2.05) is 0 Å². The van der Waals surface area contributed by atoms with E-state index in [9.17, 15) is 15.0 Å². The number of carbonyl (C=O) groups is 1. The van der Waals surface area contributed by atoms with Crippen molar-refractivity contribution in [3.8, 4) is 11.5 Å². The van der Waals surface area contributed by atoms with Gasteiger partial charge in [-0.1, -0.05) is 5.16 Å². The second-order valence-corrected chi connectivity index (χ2v) is 4.74. The summed E-state index contributed by atoms with van der Waals surface area (Å²) in [5, 5.41) is 34.9. The van der Waals surface area contributed by atoms with Gasteiger partial charge >= 0.3 is 0 Å². The van der Waals surface area contributed by atoms with Gasteiger partial charge in [-0.25, -0.2) is 4.98 Å². The zero-order chi connectivity index (χ0) is 14.7. The third-order valence-corrected chi connectivity index (χ3v) is 3.23. The summed E-state index contributed by atoms with van der Waals surface area (Å²) in [6.07, 6.45) is 0. The molecule has 0 fully saturated rings. The number of hydrogen-bond donors (Lipinski definition) is 4. The average molecular weight is 293 g/mol. The number of phenols is 2. The van der Waals surface area contributed by atoms with E-state index >= 15 is 0 Å². The topological polar surface area (TPSA) is 115 Å². The van der Waals surface area contributed by atoms with Crippen LogP contribution in [0.15, 0.2) is 28.7 Å². The number of nitrogens with zero attached hydrogens (tertiary/aromatic N) is 2. The van der Waals surface area contributed by atoms with Crippen molar-refractivity contribution in [3.63, 3.8) is 0 Å². The molecule has 2 rings (SSSR count). The van der Waals surface area contributed by atoms with Gasteiger partial charge in [-0.2, -0.15) is 0 Å². The van der Waals surface area contributed by atoms with Crippen LogP contribution >= 0.6 is 11.3 Å². The Labute approximate surface area is 117 Å². The van der Waals surface area contributed by atoms with Crippen LogP contribution in [0.5, 0.6) is 11.5 Å². The van der Waals surface area contributed by atoms with Gasteiger partial charge in [0.25, 0.3) is 5.91 Å². The van der Waals surface area contributed by atoms with E-state index in [1.165, 1.54) is 12.1 Å². The molecule has 7 nitrogen and oxygen atoms in total. The maximum absolute atomic E-state index is 11.9. The van der Waals surface area contributed by atoms with Crippen molar-refractivity contribution in [3.05, 3.63) is 34.8 Å². The molecule has 1 heterocycles. The predicted molar refractivity (Wildman–Crippen MR) is 73.8 cm³/mol. The SMILES string of the molecule is C/C(=N/O)c1csc(NC(=O)c2cc(O)ccc2O)n1. The lowest BCUT2D eigenvalue weighted by Crippen LogP contribution is -2.12. The number of benzene rings is 1. The Kier molecular flexibility index (Phi) is 3.85. The zero-order valence-corrected chi connectivity index (χ0v) is 11.2. The maximum atomic E-state index is 11.9. The van der Waals surface area contributed by atoms with Gasteiger partial charge in [-0.05, 0) is 25.1 Å². The minimum atomic E-state index is -0.599. The molecule has 8 heteroatoms. The van der Waals surface area contributed by atoms with Crippen molar-refractivity contribution in [2.24, 2.45) is 5.16 Å². The van der Waals surface area contributed by atoms with Crippen molar-refractivity contribution < 1.29 is 20.2 Å². The van der Waals surface area contributed by atoms with Gasteiger partial charge in [-0.15, -0.1) is 11.3 Å². The van der Waals surface area contributed by atoms with Gasteiger partial charge in [0, 0.05) is 5.38 Å². The molecule has 2 aromatic rings. The first-order chi connectivity index (χ1) is 9.51. The number of phenolic OH excluding ortho intramolecular Hbond substituents is 2. The predicted octanol–water partition coefficient (Wildman–Crippen LogP) is 2.00. The van der Waals surface area contributed by atoms with E-state index in [4.69, 9.17) is 5.21 Å². The lowest BCUT2D eigenvalue weighted by Gasteiger charge is -2.04. The van der Waals surface area contributed by atoms with E-state index in [0.717, 1.165) is 17.4 Å². The third-order valence-electron chi connectivity index (χ3n) is 2.47. The van der Waals surface area contributed by atoms with Gasteiger partial charge in [-0.3, -0.25) is 10.1 Å². The number of nitrogens with one attached hydrogen (secondary N) is 1. The molecule has 4 N–H and O–H groups in total. The maximum Gasteiger partial charge on any atom is 0.261 e. The van der Waals surface area contributed by atoms with Crippen LogP contribution in [0.3, 0.4) is 0 Å². The summed E-state index contributed by atoms with van der Waals surface area (Å²) in [4.78, 5) is 16.0. The standard InChI is InChI=1S/C12H11N3O4S/c1-6(15-19)9-5-20-12(13-9)14-11(18)8-4-7(16)2-3-10(8)17/h2-5,16-17,19H,1H3,(H,13,14,18)/b15-6-. The van der Waals surface area contributed by atoms with Crippen molar-refractivity contribution in [1.82, 2.24) is 4.98 Å². The fourth-order valence-corrected chi connectivity index (χ4v) is 2.17. The van der Waals surface area contributed by atoms with Crippen LogP contribution in [0.1, 0.15) is 23.0 Å². The fraction of sp³-hybridized carbons (Fsp3) is 0.0833. The van der Waals surface area contributed by atoms with E-state index in [2.05, 4.69) is 15.5 Å². The largest absolute Gasteiger partial charge is 0.508 e. The number of rotatable bonds is 3. The first-order valence-corrected chi connectivity index (χ1v) is 6.37. The van der Waals surface area contributed by atoms with Crippen molar-refractivity contribution in [1.29, 1.82) is 0 Å². The third kappa shape index (κ3) is 2.86. The molecule has 1 aromatic carbocycles. The minimum absolute atomic E-state index is 0.0608. The molecular weight excluding hydrogens is 282 g/mol. The normalized spacial score (nSPS) is 11.3. The summed E-state index contributed by atoms with van der Waals surface area (Å²) >= 11 is 1.15. The first-order valence-electron chi connectivity index (χ1n) is 5.49. The van der Waals surface area contributed by atoms with Gasteiger partial charge in [0.05, 0.1) is 5.56 Å². The molecule has 0 aliphatic carbocycles. The Balaban J connectivity index is 2.19. The van der Waals surface area contributed by atoms with Crippen LogP contribution in [0.25, 0.3) is 0 Å². The Morgan fingerprint density at radius 2 is 2.15 bits per heavy atom. The number of amides is 1. The number of aromatic hydroxyl groups is 2. The summed E-state index contributed by atoms with van der Waals surface area (Å²) < 4.78 is 0. The molecule has 20 heavy (non-hydrogen) atoms. The quantitative estimate of drug-likeness (QED) is 0.299. The van der Waals surface area contributed by atoms with Gasteiger partial charge in [0.1, 0.15) is 22.9 Å². The highest BCUT2D eigenvalue weighted by Gasteiger charge is 2.14. The number of aromatic nitrogens is 1. The number of anilines is 1. The van der Waals surface area contributed by atoms with Crippen LogP contribution in [-0.4, -0.2) is 32.0 Å². The molecule has 104 valence electrons. The Bertz CT molecular complexity index is 681. The summed E-state index contributed by atoms with van der Waals surface area (Å²) in [6.45, 7) is 1.57. The lowest BCUT2D eigenvalue weighted by atomic mass is 10.2. The Hall–Kier alpha value is -2.61. The molecule has 0 aliphatic rings. The minimum Gasteiger partial charge on any atom is -0.508 e. The lowest BCUT2D eigenvalue weighted by molar-refractivity contribution is 0.102. The fourth-order valence-electron chi connectivity index (χ4n) is 1.42. The van der Waals surface area contributed by atoms with Crippen molar-refractivity contribution in [2.45, 2.75) is 6.92 Å². The monoisotopic (exact) mass is 293 g/mol. The van der Waals surface area contributed by atoms with E-state index in [1.54, 1.807) is 12.3 Å². The summed E-state index contributed by atoms with van der Waals surface area (Å²) in [6, 6.07) is 3.65. The van der Waals surface area contributed by atoms with E-state index < -0.39 is 5.91 Å². The van der Waals surface area contributed by atoms with Gasteiger partial charge in [0.2, 0.25) is 0 Å². The van der Waals surface area contributed by atoms with Crippen molar-refractivity contribution in [2.75, 3.05) is 5.32 Å². The molecule has 1 amide bonds. The van der Waals surface area contributed by atoms with E-state index in [0.29, 0.717) is 11.4 Å². The summed E-state index contributed by atoms with van der Waals surface area (Å²) in [5.41, 5.74) is 0.698.